The van der Waals surface area contributed by atoms with Gasteiger partial charge in [0.25, 0.3) is 0 Å². The Morgan fingerprint density at radius 1 is 1.10 bits per heavy atom. The molecule has 0 aliphatic heterocycles. The number of pyridine rings is 1. The van der Waals surface area contributed by atoms with Crippen LogP contribution in [-0.2, 0) is 5.41 Å². The van der Waals surface area contributed by atoms with E-state index in [1.54, 1.807) is 12.3 Å². The third kappa shape index (κ3) is 3.55. The number of nitrogens with zero attached hydrogens (tertiary/aromatic N) is 3. The van der Waals surface area contributed by atoms with Gasteiger partial charge in [0, 0.05) is 12.3 Å². The summed E-state index contributed by atoms with van der Waals surface area (Å²) in [4.78, 5) is 4.26. The maximum Gasteiger partial charge on any atom is 0.213 e. The Morgan fingerprint density at radius 2 is 1.87 bits per heavy atom. The molecule has 1 aliphatic rings. The molecule has 0 N–H and O–H groups in total. The Morgan fingerprint density at radius 3 is 2.53 bits per heavy atom. The highest BCUT2D eigenvalue weighted by Gasteiger charge is 2.44. The fourth-order valence-electron chi connectivity index (χ4n) is 4.29. The highest BCUT2D eigenvalue weighted by atomic mass is 19.1. The molecule has 4 rings (SSSR count). The Kier molecular flexibility index (Phi) is 5.50. The standard InChI is InChI=1S/C24H25F2N3O/c1-15(2)24(14-30-21-9-4-5-12-27-21)11-10-16(3)17-13-20(28-29-23(17)24)22-18(25)7-6-8-19(22)26/h4-9,12-13,15-16H,10-11,14H2,1-3H3/t16-,24+/m0/s1. The van der Waals surface area contributed by atoms with Crippen molar-refractivity contribution >= 4 is 0 Å². The van der Waals surface area contributed by atoms with E-state index >= 15 is 0 Å². The number of rotatable bonds is 5. The summed E-state index contributed by atoms with van der Waals surface area (Å²) in [6.45, 7) is 6.83. The quantitative estimate of drug-likeness (QED) is 0.543. The van der Waals surface area contributed by atoms with Crippen molar-refractivity contribution in [3.8, 4) is 17.1 Å². The largest absolute Gasteiger partial charge is 0.477 e. The lowest BCUT2D eigenvalue weighted by atomic mass is 9.64. The van der Waals surface area contributed by atoms with Gasteiger partial charge in [-0.2, -0.15) is 5.10 Å². The van der Waals surface area contributed by atoms with Crippen LogP contribution in [0.3, 0.4) is 0 Å². The lowest BCUT2D eigenvalue weighted by molar-refractivity contribution is 0.134. The first kappa shape index (κ1) is 20.4. The molecule has 6 heteroatoms. The van der Waals surface area contributed by atoms with Gasteiger partial charge in [-0.3, -0.25) is 0 Å². The summed E-state index contributed by atoms with van der Waals surface area (Å²) < 4.78 is 34.7. The zero-order valence-electron chi connectivity index (χ0n) is 17.4. The van der Waals surface area contributed by atoms with Crippen LogP contribution in [0.2, 0.25) is 0 Å². The topological polar surface area (TPSA) is 47.9 Å². The predicted octanol–water partition coefficient (Wildman–Crippen LogP) is 5.69. The number of ether oxygens (including phenoxy) is 1. The minimum absolute atomic E-state index is 0.134. The van der Waals surface area contributed by atoms with Gasteiger partial charge in [-0.25, -0.2) is 13.8 Å². The van der Waals surface area contributed by atoms with E-state index in [1.165, 1.54) is 18.2 Å². The fraction of sp³-hybridized carbons (Fsp3) is 0.375. The maximum absolute atomic E-state index is 14.3. The molecule has 2 aromatic heterocycles. The number of benzene rings is 1. The third-order valence-electron chi connectivity index (χ3n) is 6.29. The molecule has 0 saturated heterocycles. The first-order valence-electron chi connectivity index (χ1n) is 10.3. The van der Waals surface area contributed by atoms with E-state index in [9.17, 15) is 8.78 Å². The summed E-state index contributed by atoms with van der Waals surface area (Å²) in [5, 5.41) is 8.78. The molecular weight excluding hydrogens is 384 g/mol. The summed E-state index contributed by atoms with van der Waals surface area (Å²) in [5.74, 6) is -0.262. The predicted molar refractivity (Wildman–Crippen MR) is 111 cm³/mol. The van der Waals surface area contributed by atoms with Gasteiger partial charge >= 0.3 is 0 Å². The van der Waals surface area contributed by atoms with Crippen LogP contribution in [0.4, 0.5) is 8.78 Å². The molecule has 1 aliphatic carbocycles. The van der Waals surface area contributed by atoms with Crippen LogP contribution in [0, 0.1) is 17.6 Å². The van der Waals surface area contributed by atoms with E-state index in [2.05, 4.69) is 36.0 Å². The molecule has 0 bridgehead atoms. The molecule has 0 fully saturated rings. The Bertz CT molecular complexity index is 1020. The van der Waals surface area contributed by atoms with E-state index in [-0.39, 0.29) is 28.5 Å². The Balaban J connectivity index is 1.77. The van der Waals surface area contributed by atoms with Gasteiger partial charge in [-0.15, -0.1) is 5.10 Å². The number of aromatic nitrogens is 3. The van der Waals surface area contributed by atoms with Crippen molar-refractivity contribution in [2.75, 3.05) is 6.61 Å². The molecule has 30 heavy (non-hydrogen) atoms. The van der Waals surface area contributed by atoms with Crippen molar-refractivity contribution < 1.29 is 13.5 Å². The molecule has 0 amide bonds. The maximum atomic E-state index is 14.3. The average molecular weight is 409 g/mol. The number of hydrogen-bond donors (Lipinski definition) is 0. The molecule has 0 radical (unpaired) electrons. The first-order chi connectivity index (χ1) is 14.4. The average Bonchev–Trinajstić information content (AvgIpc) is 2.74. The van der Waals surface area contributed by atoms with Crippen LogP contribution in [0.15, 0.2) is 48.7 Å². The van der Waals surface area contributed by atoms with Crippen molar-refractivity contribution in [3.63, 3.8) is 0 Å². The van der Waals surface area contributed by atoms with Crippen molar-refractivity contribution in [2.24, 2.45) is 5.92 Å². The fourth-order valence-corrected chi connectivity index (χ4v) is 4.29. The van der Waals surface area contributed by atoms with Gasteiger partial charge in [-0.1, -0.05) is 32.9 Å². The second kappa shape index (κ2) is 8.09. The van der Waals surface area contributed by atoms with Crippen molar-refractivity contribution in [3.05, 3.63) is 71.6 Å². The van der Waals surface area contributed by atoms with Crippen LogP contribution in [-0.4, -0.2) is 21.8 Å². The minimum atomic E-state index is -0.638. The van der Waals surface area contributed by atoms with E-state index in [0.717, 1.165) is 24.1 Å². The van der Waals surface area contributed by atoms with Crippen LogP contribution in [0.1, 0.15) is 50.8 Å². The zero-order valence-corrected chi connectivity index (χ0v) is 17.4. The third-order valence-corrected chi connectivity index (χ3v) is 6.29. The zero-order chi connectivity index (χ0) is 21.3. The van der Waals surface area contributed by atoms with Gasteiger partial charge in [0.15, 0.2) is 0 Å². The molecule has 0 unspecified atom stereocenters. The van der Waals surface area contributed by atoms with Gasteiger partial charge in [0.05, 0.1) is 22.4 Å². The van der Waals surface area contributed by atoms with Crippen LogP contribution < -0.4 is 4.74 Å². The summed E-state index contributed by atoms with van der Waals surface area (Å²) in [6, 6.07) is 11.2. The lowest BCUT2D eigenvalue weighted by Crippen LogP contribution is -2.43. The highest BCUT2D eigenvalue weighted by molar-refractivity contribution is 5.62. The van der Waals surface area contributed by atoms with Gasteiger partial charge in [0.2, 0.25) is 5.88 Å². The van der Waals surface area contributed by atoms with Crippen LogP contribution in [0.25, 0.3) is 11.3 Å². The monoisotopic (exact) mass is 409 g/mol. The molecule has 2 heterocycles. The molecule has 4 nitrogen and oxygen atoms in total. The van der Waals surface area contributed by atoms with Crippen molar-refractivity contribution in [1.29, 1.82) is 0 Å². The number of hydrogen-bond acceptors (Lipinski definition) is 4. The second-order valence-electron chi connectivity index (χ2n) is 8.34. The highest BCUT2D eigenvalue weighted by Crippen LogP contribution is 2.47. The normalized spacial score (nSPS) is 20.8. The summed E-state index contributed by atoms with van der Waals surface area (Å²) >= 11 is 0. The van der Waals surface area contributed by atoms with E-state index < -0.39 is 11.6 Å². The minimum Gasteiger partial charge on any atom is -0.477 e. The summed E-state index contributed by atoms with van der Waals surface area (Å²) in [5.41, 5.74) is 1.57. The second-order valence-corrected chi connectivity index (χ2v) is 8.34. The molecular formula is C24H25F2N3O. The van der Waals surface area contributed by atoms with Crippen molar-refractivity contribution in [2.45, 2.75) is 44.9 Å². The lowest BCUT2D eigenvalue weighted by Gasteiger charge is -2.42. The molecule has 1 aromatic carbocycles. The van der Waals surface area contributed by atoms with Gasteiger partial charge in [-0.05, 0) is 54.5 Å². The molecule has 156 valence electrons. The summed E-state index contributed by atoms with van der Waals surface area (Å²) in [6.07, 6.45) is 3.53. The smallest absolute Gasteiger partial charge is 0.213 e. The first-order valence-corrected chi connectivity index (χ1v) is 10.3. The van der Waals surface area contributed by atoms with Crippen molar-refractivity contribution in [1.82, 2.24) is 15.2 Å². The molecule has 0 saturated carbocycles. The Labute approximate surface area is 175 Å². The van der Waals surface area contributed by atoms with E-state index in [1.807, 2.05) is 18.2 Å². The van der Waals surface area contributed by atoms with E-state index in [0.29, 0.717) is 12.5 Å². The van der Waals surface area contributed by atoms with Gasteiger partial charge in [0.1, 0.15) is 18.2 Å². The Hall–Kier alpha value is -2.89. The SMILES string of the molecule is CC(C)[C@]1(COc2ccccn2)CC[C@H](C)c2cc(-c3c(F)cccc3F)nnc21. The van der Waals surface area contributed by atoms with Gasteiger partial charge < -0.3 is 4.74 Å². The van der Waals surface area contributed by atoms with E-state index in [4.69, 9.17) is 4.74 Å². The molecule has 3 aromatic rings. The molecule has 2 atom stereocenters. The molecule has 0 spiro atoms. The number of fused-ring (bicyclic) bond motifs is 1. The van der Waals surface area contributed by atoms with Crippen LogP contribution >= 0.6 is 0 Å². The number of halogens is 2. The summed E-state index contributed by atoms with van der Waals surface area (Å²) in [7, 11) is 0. The van der Waals surface area contributed by atoms with Crippen LogP contribution in [0.5, 0.6) is 5.88 Å².